The molecule has 0 radical (unpaired) electrons. The number of carbonyl (C=O) groups excluding carboxylic acids is 2. The summed E-state index contributed by atoms with van der Waals surface area (Å²) in [6.07, 6.45) is 1.09. The Morgan fingerprint density at radius 1 is 1.00 bits per heavy atom. The number of amides is 2. The molecule has 3 N–H and O–H groups in total. The van der Waals surface area contributed by atoms with Crippen molar-refractivity contribution in [3.63, 3.8) is 0 Å². The van der Waals surface area contributed by atoms with Gasteiger partial charge in [-0.15, -0.1) is 0 Å². The predicted octanol–water partition coefficient (Wildman–Crippen LogP) is 1.52. The van der Waals surface area contributed by atoms with Crippen LogP contribution in [0.1, 0.15) is 22.8 Å². The number of hydrogen-bond donors (Lipinski definition) is 3. The van der Waals surface area contributed by atoms with Crippen LogP contribution in [0.4, 0.5) is 11.4 Å². The van der Waals surface area contributed by atoms with Crippen molar-refractivity contribution in [3.05, 3.63) is 80.6 Å². The molecule has 0 bridgehead atoms. The Labute approximate surface area is 175 Å². The summed E-state index contributed by atoms with van der Waals surface area (Å²) in [5.41, 5.74) is 0.0505. The zero-order valence-corrected chi connectivity index (χ0v) is 16.4. The fourth-order valence-corrected chi connectivity index (χ4v) is 3.08. The van der Waals surface area contributed by atoms with Gasteiger partial charge in [0.15, 0.2) is 11.5 Å². The van der Waals surface area contributed by atoms with Gasteiger partial charge in [-0.3, -0.25) is 19.0 Å². The average molecular weight is 422 g/mol. The molecule has 1 aromatic heterocycles. The maximum atomic E-state index is 12.8. The SMILES string of the molecule is CC(=O)Nc1ccc(NC(=O)c2c[nH]c(=O)n(Cc3ccc4c(c3)OCO4)c2=O)cc1. The van der Waals surface area contributed by atoms with Gasteiger partial charge in [0.05, 0.1) is 6.54 Å². The number of nitrogens with zero attached hydrogens (tertiary/aromatic N) is 1. The van der Waals surface area contributed by atoms with Gasteiger partial charge in [0.25, 0.3) is 11.5 Å². The van der Waals surface area contributed by atoms with Crippen molar-refractivity contribution < 1.29 is 19.1 Å². The molecular formula is C21H18N4O6. The highest BCUT2D eigenvalue weighted by molar-refractivity contribution is 6.04. The molecule has 0 spiro atoms. The van der Waals surface area contributed by atoms with Crippen LogP contribution in [0.3, 0.4) is 0 Å². The first-order chi connectivity index (χ1) is 14.9. The van der Waals surface area contributed by atoms with Crippen LogP contribution < -0.4 is 31.4 Å². The second-order valence-electron chi connectivity index (χ2n) is 6.80. The molecule has 31 heavy (non-hydrogen) atoms. The van der Waals surface area contributed by atoms with Gasteiger partial charge >= 0.3 is 5.69 Å². The Morgan fingerprint density at radius 3 is 2.39 bits per heavy atom. The number of hydrogen-bond acceptors (Lipinski definition) is 6. The summed E-state index contributed by atoms with van der Waals surface area (Å²) in [4.78, 5) is 51.2. The standard InChI is InChI=1S/C21H18N4O6/c1-12(26)23-14-3-5-15(6-4-14)24-19(27)16-9-22-21(29)25(20(16)28)10-13-2-7-17-18(8-13)31-11-30-17/h2-9H,10-11H2,1H3,(H,22,29)(H,23,26)(H,24,27). The smallest absolute Gasteiger partial charge is 0.328 e. The Balaban J connectivity index is 1.55. The molecule has 0 atom stereocenters. The molecule has 2 heterocycles. The molecule has 0 fully saturated rings. The number of anilines is 2. The van der Waals surface area contributed by atoms with Gasteiger partial charge in [0.2, 0.25) is 12.7 Å². The molecule has 158 valence electrons. The highest BCUT2D eigenvalue weighted by Crippen LogP contribution is 2.32. The maximum absolute atomic E-state index is 12.8. The number of ether oxygens (including phenoxy) is 2. The Hall–Kier alpha value is -4.34. The first-order valence-corrected chi connectivity index (χ1v) is 9.31. The van der Waals surface area contributed by atoms with Crippen LogP contribution in [0.15, 0.2) is 58.3 Å². The van der Waals surface area contributed by atoms with Gasteiger partial charge in [-0.25, -0.2) is 4.79 Å². The normalized spacial score (nSPS) is 11.8. The van der Waals surface area contributed by atoms with Gasteiger partial charge in [-0.05, 0) is 42.0 Å². The van der Waals surface area contributed by atoms with E-state index >= 15 is 0 Å². The first-order valence-electron chi connectivity index (χ1n) is 9.31. The van der Waals surface area contributed by atoms with Crippen molar-refractivity contribution in [2.75, 3.05) is 17.4 Å². The molecule has 1 aliphatic heterocycles. The molecule has 0 saturated carbocycles. The predicted molar refractivity (Wildman–Crippen MR) is 112 cm³/mol. The second-order valence-corrected chi connectivity index (χ2v) is 6.80. The Bertz CT molecular complexity index is 1280. The zero-order valence-electron chi connectivity index (χ0n) is 16.4. The van der Waals surface area contributed by atoms with Crippen molar-refractivity contribution in [3.8, 4) is 11.5 Å². The summed E-state index contributed by atoms with van der Waals surface area (Å²) in [6, 6.07) is 11.5. The Morgan fingerprint density at radius 2 is 1.68 bits per heavy atom. The molecule has 0 saturated heterocycles. The van der Waals surface area contributed by atoms with Crippen molar-refractivity contribution >= 4 is 23.2 Å². The van der Waals surface area contributed by atoms with Crippen LogP contribution >= 0.6 is 0 Å². The molecule has 3 aromatic rings. The first kappa shape index (κ1) is 20.0. The molecule has 10 heteroatoms. The molecule has 0 unspecified atom stereocenters. The van der Waals surface area contributed by atoms with Crippen molar-refractivity contribution in [2.24, 2.45) is 0 Å². The van der Waals surface area contributed by atoms with E-state index in [2.05, 4.69) is 15.6 Å². The average Bonchev–Trinajstić information content (AvgIpc) is 3.20. The summed E-state index contributed by atoms with van der Waals surface area (Å²) < 4.78 is 11.5. The summed E-state index contributed by atoms with van der Waals surface area (Å²) >= 11 is 0. The topological polar surface area (TPSA) is 132 Å². The summed E-state index contributed by atoms with van der Waals surface area (Å²) in [5, 5.41) is 5.22. The second kappa shape index (κ2) is 8.19. The van der Waals surface area contributed by atoms with Crippen LogP contribution in [-0.4, -0.2) is 28.2 Å². The van der Waals surface area contributed by atoms with Crippen molar-refractivity contribution in [2.45, 2.75) is 13.5 Å². The fourth-order valence-electron chi connectivity index (χ4n) is 3.08. The van der Waals surface area contributed by atoms with Crippen LogP contribution in [0.5, 0.6) is 11.5 Å². The number of fused-ring (bicyclic) bond motifs is 1. The minimum Gasteiger partial charge on any atom is -0.454 e. The largest absolute Gasteiger partial charge is 0.454 e. The van der Waals surface area contributed by atoms with E-state index in [-0.39, 0.29) is 24.8 Å². The van der Waals surface area contributed by atoms with E-state index in [1.54, 1.807) is 42.5 Å². The van der Waals surface area contributed by atoms with E-state index in [0.29, 0.717) is 28.4 Å². The quantitative estimate of drug-likeness (QED) is 0.571. The van der Waals surface area contributed by atoms with E-state index in [9.17, 15) is 19.2 Å². The summed E-state index contributed by atoms with van der Waals surface area (Å²) in [6.45, 7) is 1.46. The minimum atomic E-state index is -0.728. The summed E-state index contributed by atoms with van der Waals surface area (Å²) in [7, 11) is 0. The number of aromatic amines is 1. The molecular weight excluding hydrogens is 404 g/mol. The van der Waals surface area contributed by atoms with E-state index in [1.165, 1.54) is 6.92 Å². The van der Waals surface area contributed by atoms with Crippen molar-refractivity contribution in [1.82, 2.24) is 9.55 Å². The number of benzene rings is 2. The number of carbonyl (C=O) groups is 2. The lowest BCUT2D eigenvalue weighted by molar-refractivity contribution is -0.114. The molecule has 4 rings (SSSR count). The lowest BCUT2D eigenvalue weighted by Gasteiger charge is -2.09. The number of aromatic nitrogens is 2. The third-order valence-electron chi connectivity index (χ3n) is 4.55. The fraction of sp³-hybridized carbons (Fsp3) is 0.143. The van der Waals surface area contributed by atoms with Crippen LogP contribution in [0.2, 0.25) is 0 Å². The van der Waals surface area contributed by atoms with Crippen LogP contribution in [-0.2, 0) is 11.3 Å². The van der Waals surface area contributed by atoms with Crippen LogP contribution in [0.25, 0.3) is 0 Å². The van der Waals surface area contributed by atoms with Crippen molar-refractivity contribution in [1.29, 1.82) is 0 Å². The van der Waals surface area contributed by atoms with Gasteiger partial charge in [0.1, 0.15) is 5.56 Å². The van der Waals surface area contributed by atoms with Gasteiger partial charge in [-0.2, -0.15) is 0 Å². The third kappa shape index (κ3) is 4.32. The van der Waals surface area contributed by atoms with E-state index in [0.717, 1.165) is 10.8 Å². The van der Waals surface area contributed by atoms with Gasteiger partial charge in [-0.1, -0.05) is 6.07 Å². The van der Waals surface area contributed by atoms with Gasteiger partial charge < -0.3 is 25.1 Å². The zero-order chi connectivity index (χ0) is 22.0. The third-order valence-corrected chi connectivity index (χ3v) is 4.55. The molecule has 10 nitrogen and oxygen atoms in total. The van der Waals surface area contributed by atoms with Gasteiger partial charge in [0, 0.05) is 24.5 Å². The number of H-pyrrole nitrogens is 1. The van der Waals surface area contributed by atoms with E-state index in [1.807, 2.05) is 0 Å². The minimum absolute atomic E-state index is 0.0443. The monoisotopic (exact) mass is 422 g/mol. The molecule has 0 aliphatic carbocycles. The highest BCUT2D eigenvalue weighted by atomic mass is 16.7. The summed E-state index contributed by atoms with van der Waals surface area (Å²) in [5.74, 6) is 0.224. The molecule has 2 amide bonds. The Kier molecular flexibility index (Phi) is 5.27. The number of rotatable bonds is 5. The number of nitrogens with one attached hydrogen (secondary N) is 3. The lowest BCUT2D eigenvalue weighted by atomic mass is 10.2. The van der Waals surface area contributed by atoms with E-state index < -0.39 is 17.2 Å². The van der Waals surface area contributed by atoms with Crippen LogP contribution in [0, 0.1) is 0 Å². The molecule has 1 aliphatic rings. The lowest BCUT2D eigenvalue weighted by Crippen LogP contribution is -2.39. The van der Waals surface area contributed by atoms with E-state index in [4.69, 9.17) is 9.47 Å². The highest BCUT2D eigenvalue weighted by Gasteiger charge is 2.17. The molecule has 2 aromatic carbocycles. The maximum Gasteiger partial charge on any atom is 0.328 e.